The number of carbonyl (C=O) groups excluding carboxylic acids is 1. The highest BCUT2D eigenvalue weighted by Gasteiger charge is 2.31. The third-order valence-electron chi connectivity index (χ3n) is 5.54. The summed E-state index contributed by atoms with van der Waals surface area (Å²) >= 11 is 1.82. The Morgan fingerprint density at radius 1 is 1.19 bits per heavy atom. The van der Waals surface area contributed by atoms with E-state index in [2.05, 4.69) is 22.3 Å². The van der Waals surface area contributed by atoms with Gasteiger partial charge in [-0.3, -0.25) is 4.79 Å². The van der Waals surface area contributed by atoms with Crippen LogP contribution in [0.2, 0.25) is 0 Å². The average Bonchev–Trinajstić information content (AvgIpc) is 3.18. The molecule has 1 aromatic carbocycles. The van der Waals surface area contributed by atoms with Gasteiger partial charge in [-0.2, -0.15) is 0 Å². The molecule has 1 aliphatic carbocycles. The number of hydrogen-bond acceptors (Lipinski definition) is 5. The van der Waals surface area contributed by atoms with Crippen molar-refractivity contribution in [3.05, 3.63) is 52.2 Å². The fourth-order valence-corrected chi connectivity index (χ4v) is 5.65. The summed E-state index contributed by atoms with van der Waals surface area (Å²) in [6, 6.07) is 10.3. The summed E-state index contributed by atoms with van der Waals surface area (Å²) in [5.41, 5.74) is 2.59. The summed E-state index contributed by atoms with van der Waals surface area (Å²) in [7, 11) is 0. The van der Waals surface area contributed by atoms with E-state index in [1.807, 2.05) is 36.5 Å². The van der Waals surface area contributed by atoms with Crippen LogP contribution in [0.4, 0.5) is 5.82 Å². The van der Waals surface area contributed by atoms with Crippen LogP contribution in [0.1, 0.15) is 40.7 Å². The molecule has 0 radical (unpaired) electrons. The number of rotatable bonds is 2. The van der Waals surface area contributed by atoms with Crippen LogP contribution < -0.4 is 10.2 Å². The summed E-state index contributed by atoms with van der Waals surface area (Å²) in [6.07, 6.45) is 3.92. The normalized spacial score (nSPS) is 19.8. The monoisotopic (exact) mass is 378 g/mol. The number of aromatic nitrogens is 2. The molecule has 27 heavy (non-hydrogen) atoms. The van der Waals surface area contributed by atoms with Crippen molar-refractivity contribution in [2.24, 2.45) is 0 Å². The predicted molar refractivity (Wildman–Crippen MR) is 108 cm³/mol. The summed E-state index contributed by atoms with van der Waals surface area (Å²) in [6.45, 7) is 3.35. The molecule has 138 valence electrons. The Morgan fingerprint density at radius 3 is 2.89 bits per heavy atom. The van der Waals surface area contributed by atoms with Gasteiger partial charge >= 0.3 is 0 Å². The molecule has 0 saturated carbocycles. The standard InChI is InChI=1S/C21H22N4OS/c1-13-23-20(19-15-8-5-9-17(15)27-21(19)24-13)25-11-10-22-18(26)12-16(25)14-6-3-2-4-7-14/h2-4,6-7,16H,5,8-12H2,1H3,(H,22,26). The number of amides is 1. The number of thiophene rings is 1. The van der Waals surface area contributed by atoms with Crippen LogP contribution in [0.5, 0.6) is 0 Å². The minimum Gasteiger partial charge on any atom is -0.354 e. The Balaban J connectivity index is 1.70. The number of carbonyl (C=O) groups is 1. The van der Waals surface area contributed by atoms with E-state index in [9.17, 15) is 4.79 Å². The van der Waals surface area contributed by atoms with Gasteiger partial charge in [-0.15, -0.1) is 11.3 Å². The molecule has 1 N–H and O–H groups in total. The summed E-state index contributed by atoms with van der Waals surface area (Å²) in [4.78, 5) is 26.9. The third kappa shape index (κ3) is 2.88. The van der Waals surface area contributed by atoms with Gasteiger partial charge in [0.2, 0.25) is 5.91 Å². The first-order valence-electron chi connectivity index (χ1n) is 9.58. The number of aryl methyl sites for hydroxylation is 3. The Labute approximate surface area is 162 Å². The van der Waals surface area contributed by atoms with E-state index in [4.69, 9.17) is 9.97 Å². The Kier molecular flexibility index (Phi) is 4.08. The van der Waals surface area contributed by atoms with Crippen molar-refractivity contribution in [2.75, 3.05) is 18.0 Å². The van der Waals surface area contributed by atoms with Crippen LogP contribution in [-0.4, -0.2) is 29.0 Å². The Morgan fingerprint density at radius 2 is 2.04 bits per heavy atom. The second kappa shape index (κ2) is 6.60. The van der Waals surface area contributed by atoms with Crippen molar-refractivity contribution in [2.45, 2.75) is 38.6 Å². The summed E-state index contributed by atoms with van der Waals surface area (Å²) in [5.74, 6) is 1.90. The minimum atomic E-state index is -0.0110. The zero-order valence-electron chi connectivity index (χ0n) is 15.4. The second-order valence-corrected chi connectivity index (χ2v) is 8.39. The van der Waals surface area contributed by atoms with Gasteiger partial charge in [0.25, 0.3) is 0 Å². The zero-order chi connectivity index (χ0) is 18.4. The highest BCUT2D eigenvalue weighted by molar-refractivity contribution is 7.19. The number of fused-ring (bicyclic) bond motifs is 3. The highest BCUT2D eigenvalue weighted by Crippen LogP contribution is 2.42. The first kappa shape index (κ1) is 16.7. The lowest BCUT2D eigenvalue weighted by Crippen LogP contribution is -2.32. The van der Waals surface area contributed by atoms with E-state index in [-0.39, 0.29) is 11.9 Å². The molecular weight excluding hydrogens is 356 g/mol. The van der Waals surface area contributed by atoms with Gasteiger partial charge < -0.3 is 10.2 Å². The maximum absolute atomic E-state index is 12.3. The van der Waals surface area contributed by atoms with Crippen LogP contribution in [0.3, 0.4) is 0 Å². The molecule has 1 unspecified atom stereocenters. The summed E-state index contributed by atoms with van der Waals surface area (Å²) in [5, 5.41) is 4.25. The van der Waals surface area contributed by atoms with Crippen LogP contribution >= 0.6 is 11.3 Å². The fourth-order valence-electron chi connectivity index (χ4n) is 4.34. The molecule has 1 fully saturated rings. The molecule has 6 heteroatoms. The van der Waals surface area contributed by atoms with Crippen molar-refractivity contribution in [3.8, 4) is 0 Å². The molecule has 0 bridgehead atoms. The highest BCUT2D eigenvalue weighted by atomic mass is 32.1. The van der Waals surface area contributed by atoms with Gasteiger partial charge in [-0.05, 0) is 37.3 Å². The van der Waals surface area contributed by atoms with E-state index in [1.165, 1.54) is 22.2 Å². The smallest absolute Gasteiger partial charge is 0.222 e. The van der Waals surface area contributed by atoms with Gasteiger partial charge in [-0.1, -0.05) is 30.3 Å². The van der Waals surface area contributed by atoms with Gasteiger partial charge in [0, 0.05) is 18.0 Å². The lowest BCUT2D eigenvalue weighted by molar-refractivity contribution is -0.121. The van der Waals surface area contributed by atoms with Crippen molar-refractivity contribution in [1.29, 1.82) is 0 Å². The molecule has 3 aromatic rings. The zero-order valence-corrected chi connectivity index (χ0v) is 16.2. The first-order valence-corrected chi connectivity index (χ1v) is 10.4. The average molecular weight is 379 g/mol. The molecule has 5 nitrogen and oxygen atoms in total. The number of hydrogen-bond donors (Lipinski definition) is 1. The van der Waals surface area contributed by atoms with E-state index in [0.717, 1.165) is 41.4 Å². The van der Waals surface area contributed by atoms with Crippen LogP contribution in [0.25, 0.3) is 10.2 Å². The van der Waals surface area contributed by atoms with E-state index < -0.39 is 0 Å². The molecule has 1 aliphatic heterocycles. The Hall–Kier alpha value is -2.47. The van der Waals surface area contributed by atoms with Crippen molar-refractivity contribution in [3.63, 3.8) is 0 Å². The second-order valence-electron chi connectivity index (χ2n) is 7.31. The van der Waals surface area contributed by atoms with Gasteiger partial charge in [0.05, 0.1) is 17.8 Å². The van der Waals surface area contributed by atoms with Crippen LogP contribution in [0, 0.1) is 6.92 Å². The lowest BCUT2D eigenvalue weighted by Gasteiger charge is -2.31. The molecular formula is C21H22N4OS. The van der Waals surface area contributed by atoms with Crippen molar-refractivity contribution in [1.82, 2.24) is 15.3 Å². The van der Waals surface area contributed by atoms with Crippen molar-refractivity contribution >= 4 is 33.3 Å². The minimum absolute atomic E-state index is 0.0110. The number of benzene rings is 1. The lowest BCUT2D eigenvalue weighted by atomic mass is 10.0. The molecule has 1 saturated heterocycles. The topological polar surface area (TPSA) is 58.1 Å². The van der Waals surface area contributed by atoms with Crippen LogP contribution in [0.15, 0.2) is 30.3 Å². The molecule has 2 aliphatic rings. The number of nitrogens with zero attached hydrogens (tertiary/aromatic N) is 3. The number of anilines is 1. The first-order chi connectivity index (χ1) is 13.2. The van der Waals surface area contributed by atoms with Gasteiger partial charge in [0.1, 0.15) is 16.5 Å². The van der Waals surface area contributed by atoms with Crippen molar-refractivity contribution < 1.29 is 4.79 Å². The fraction of sp³-hybridized carbons (Fsp3) is 0.381. The maximum atomic E-state index is 12.3. The SMILES string of the molecule is Cc1nc(N2CCNC(=O)CC2c2ccccc2)c2c3c(sc2n1)CCC3. The Bertz CT molecular complexity index is 1010. The number of nitrogens with one attached hydrogen (secondary N) is 1. The summed E-state index contributed by atoms with van der Waals surface area (Å²) < 4.78 is 0. The maximum Gasteiger partial charge on any atom is 0.222 e. The van der Waals surface area contributed by atoms with E-state index in [0.29, 0.717) is 13.0 Å². The van der Waals surface area contributed by atoms with Gasteiger partial charge in [-0.25, -0.2) is 9.97 Å². The van der Waals surface area contributed by atoms with Gasteiger partial charge in [0.15, 0.2) is 0 Å². The molecule has 2 aromatic heterocycles. The predicted octanol–water partition coefficient (Wildman–Crippen LogP) is 3.56. The quantitative estimate of drug-likeness (QED) is 0.741. The molecule has 3 heterocycles. The molecule has 5 rings (SSSR count). The largest absolute Gasteiger partial charge is 0.354 e. The molecule has 1 amide bonds. The molecule has 1 atom stereocenters. The van der Waals surface area contributed by atoms with Crippen LogP contribution in [-0.2, 0) is 17.6 Å². The van der Waals surface area contributed by atoms with E-state index in [1.54, 1.807) is 0 Å². The third-order valence-corrected chi connectivity index (χ3v) is 6.73. The van der Waals surface area contributed by atoms with E-state index >= 15 is 0 Å². The molecule has 0 spiro atoms.